The largest absolute Gasteiger partial charge is 0.480 e. The molecule has 1 aromatic heterocycles. The van der Waals surface area contributed by atoms with Crippen molar-refractivity contribution in [2.75, 3.05) is 12.4 Å². The molecule has 7 heteroatoms. The number of aromatic nitrogens is 2. The van der Waals surface area contributed by atoms with Crippen LogP contribution >= 0.6 is 15.9 Å². The molecule has 15 heavy (non-hydrogen) atoms. The Kier molecular flexibility index (Phi) is 3.84. The molecule has 0 saturated carbocycles. The average molecular weight is 276 g/mol. The molecule has 0 aliphatic carbocycles. The summed E-state index contributed by atoms with van der Waals surface area (Å²) in [6.07, 6.45) is 1.49. The quantitative estimate of drug-likeness (QED) is 0.857. The minimum atomic E-state index is -0.972. The third-order valence-electron chi connectivity index (χ3n) is 1.62. The number of hydrogen-bond acceptors (Lipinski definition) is 5. The number of halogens is 1. The van der Waals surface area contributed by atoms with Crippen molar-refractivity contribution in [3.8, 4) is 5.88 Å². The molecule has 2 N–H and O–H groups in total. The number of ether oxygens (including phenoxy) is 1. The number of anilines is 1. The molecule has 0 saturated heterocycles. The lowest BCUT2D eigenvalue weighted by Crippen LogP contribution is -2.26. The molecule has 0 spiro atoms. The number of hydrogen-bond donors (Lipinski definition) is 2. The van der Waals surface area contributed by atoms with E-state index in [1.54, 1.807) is 0 Å². The van der Waals surface area contributed by atoms with Gasteiger partial charge in [-0.25, -0.2) is 4.98 Å². The molecule has 1 rings (SSSR count). The maximum absolute atomic E-state index is 10.6. The molecule has 0 aliphatic heterocycles. The van der Waals surface area contributed by atoms with Gasteiger partial charge < -0.3 is 15.2 Å². The van der Waals surface area contributed by atoms with Gasteiger partial charge in [0.25, 0.3) is 0 Å². The van der Waals surface area contributed by atoms with Crippen molar-refractivity contribution in [3.05, 3.63) is 10.7 Å². The predicted octanol–water partition coefficient (Wildman–Crippen LogP) is 1.13. The molecule has 1 heterocycles. The molecular weight excluding hydrogens is 266 g/mol. The summed E-state index contributed by atoms with van der Waals surface area (Å²) in [5.74, 6) is -0.407. The van der Waals surface area contributed by atoms with Crippen LogP contribution < -0.4 is 10.1 Å². The highest BCUT2D eigenvalue weighted by Gasteiger charge is 2.12. The molecule has 0 aliphatic rings. The van der Waals surface area contributed by atoms with E-state index in [9.17, 15) is 4.79 Å². The second-order valence-corrected chi connectivity index (χ2v) is 3.61. The standard InChI is InChI=1S/C8H10BrN3O3/c1-4(7(13)14)11-8-10-3-5(9)6(12-8)15-2/h3-4H,1-2H3,(H,13,14)(H,10,11,12)/t4-/m0/s1. The Bertz CT molecular complexity index is 372. The fourth-order valence-corrected chi connectivity index (χ4v) is 1.17. The van der Waals surface area contributed by atoms with E-state index in [0.717, 1.165) is 0 Å². The first kappa shape index (κ1) is 11.7. The summed E-state index contributed by atoms with van der Waals surface area (Å²) in [7, 11) is 1.47. The van der Waals surface area contributed by atoms with E-state index in [2.05, 4.69) is 31.2 Å². The van der Waals surface area contributed by atoms with Gasteiger partial charge in [-0.05, 0) is 22.9 Å². The minimum absolute atomic E-state index is 0.213. The van der Waals surface area contributed by atoms with Gasteiger partial charge in [-0.3, -0.25) is 4.79 Å². The first-order valence-electron chi connectivity index (χ1n) is 4.10. The molecule has 1 atom stereocenters. The van der Waals surface area contributed by atoms with Gasteiger partial charge in [0.1, 0.15) is 6.04 Å². The van der Waals surface area contributed by atoms with Crippen molar-refractivity contribution in [2.45, 2.75) is 13.0 Å². The number of methoxy groups -OCH3 is 1. The Balaban J connectivity index is 2.83. The van der Waals surface area contributed by atoms with Crippen molar-refractivity contribution in [3.63, 3.8) is 0 Å². The van der Waals surface area contributed by atoms with E-state index in [-0.39, 0.29) is 5.95 Å². The fraction of sp³-hybridized carbons (Fsp3) is 0.375. The molecule has 82 valence electrons. The second-order valence-electron chi connectivity index (χ2n) is 2.76. The highest BCUT2D eigenvalue weighted by molar-refractivity contribution is 9.10. The fourth-order valence-electron chi connectivity index (χ4n) is 0.820. The summed E-state index contributed by atoms with van der Waals surface area (Å²) in [6, 6.07) is -0.754. The van der Waals surface area contributed by atoms with Gasteiger partial charge in [-0.2, -0.15) is 4.98 Å². The Hall–Kier alpha value is -1.37. The monoisotopic (exact) mass is 275 g/mol. The summed E-state index contributed by atoms with van der Waals surface area (Å²) in [4.78, 5) is 18.4. The van der Waals surface area contributed by atoms with Crippen molar-refractivity contribution in [1.29, 1.82) is 0 Å². The molecule has 0 bridgehead atoms. The third kappa shape index (κ3) is 3.05. The highest BCUT2D eigenvalue weighted by Crippen LogP contribution is 2.21. The Morgan fingerprint density at radius 1 is 1.73 bits per heavy atom. The zero-order valence-corrected chi connectivity index (χ0v) is 9.78. The number of carboxylic acids is 1. The third-order valence-corrected chi connectivity index (χ3v) is 2.17. The maximum Gasteiger partial charge on any atom is 0.325 e. The van der Waals surface area contributed by atoms with Crippen molar-refractivity contribution < 1.29 is 14.6 Å². The Morgan fingerprint density at radius 3 is 2.93 bits per heavy atom. The van der Waals surface area contributed by atoms with Crippen LogP contribution in [0.15, 0.2) is 10.7 Å². The van der Waals surface area contributed by atoms with Crippen LogP contribution in [0.3, 0.4) is 0 Å². The summed E-state index contributed by atoms with van der Waals surface area (Å²) >= 11 is 3.19. The number of rotatable bonds is 4. The zero-order valence-electron chi connectivity index (χ0n) is 8.19. The molecule has 0 radical (unpaired) electrons. The average Bonchev–Trinajstić information content (AvgIpc) is 2.20. The van der Waals surface area contributed by atoms with E-state index in [4.69, 9.17) is 9.84 Å². The van der Waals surface area contributed by atoms with Gasteiger partial charge in [-0.1, -0.05) is 0 Å². The van der Waals surface area contributed by atoms with E-state index in [1.807, 2.05) is 0 Å². The SMILES string of the molecule is COc1nc(N[C@@H](C)C(=O)O)ncc1Br. The maximum atomic E-state index is 10.6. The van der Waals surface area contributed by atoms with E-state index in [0.29, 0.717) is 10.4 Å². The number of nitrogens with one attached hydrogen (secondary N) is 1. The van der Waals surface area contributed by atoms with Crippen LogP contribution in [-0.4, -0.2) is 34.2 Å². The van der Waals surface area contributed by atoms with Crippen LogP contribution in [-0.2, 0) is 4.79 Å². The topological polar surface area (TPSA) is 84.3 Å². The van der Waals surface area contributed by atoms with Gasteiger partial charge in [0, 0.05) is 0 Å². The summed E-state index contributed by atoms with van der Waals surface area (Å²) in [5, 5.41) is 11.3. The van der Waals surface area contributed by atoms with Gasteiger partial charge in [0.2, 0.25) is 11.8 Å². The van der Waals surface area contributed by atoms with Crippen LogP contribution in [0.1, 0.15) is 6.92 Å². The molecular formula is C8H10BrN3O3. The summed E-state index contributed by atoms with van der Waals surface area (Å²) in [6.45, 7) is 1.50. The highest BCUT2D eigenvalue weighted by atomic mass is 79.9. The molecule has 6 nitrogen and oxygen atoms in total. The van der Waals surface area contributed by atoms with Gasteiger partial charge >= 0.3 is 5.97 Å². The molecule has 0 aromatic carbocycles. The van der Waals surface area contributed by atoms with Crippen molar-refractivity contribution in [1.82, 2.24) is 9.97 Å². The number of aliphatic carboxylic acids is 1. The van der Waals surface area contributed by atoms with E-state index < -0.39 is 12.0 Å². The summed E-state index contributed by atoms with van der Waals surface area (Å²) < 4.78 is 5.55. The number of carbonyl (C=O) groups is 1. The first-order valence-corrected chi connectivity index (χ1v) is 4.89. The van der Waals surface area contributed by atoms with Crippen LogP contribution in [0.2, 0.25) is 0 Å². The van der Waals surface area contributed by atoms with Crippen LogP contribution in [0, 0.1) is 0 Å². The predicted molar refractivity (Wildman–Crippen MR) is 57.0 cm³/mol. The molecule has 1 aromatic rings. The minimum Gasteiger partial charge on any atom is -0.480 e. The van der Waals surface area contributed by atoms with Crippen LogP contribution in [0.4, 0.5) is 5.95 Å². The van der Waals surface area contributed by atoms with Crippen molar-refractivity contribution >= 4 is 27.8 Å². The molecule has 0 unspecified atom stereocenters. The lowest BCUT2D eigenvalue weighted by atomic mass is 10.3. The normalized spacial score (nSPS) is 11.9. The van der Waals surface area contributed by atoms with Gasteiger partial charge in [0.15, 0.2) is 0 Å². The number of carboxylic acid groups (broad SMARTS) is 1. The van der Waals surface area contributed by atoms with E-state index in [1.165, 1.54) is 20.2 Å². The second kappa shape index (κ2) is 4.92. The number of nitrogens with zero attached hydrogens (tertiary/aromatic N) is 2. The lowest BCUT2D eigenvalue weighted by molar-refractivity contribution is -0.137. The van der Waals surface area contributed by atoms with Crippen molar-refractivity contribution in [2.24, 2.45) is 0 Å². The van der Waals surface area contributed by atoms with Crippen LogP contribution in [0.5, 0.6) is 5.88 Å². The van der Waals surface area contributed by atoms with Gasteiger partial charge in [-0.15, -0.1) is 0 Å². The Labute approximate surface area is 94.8 Å². The lowest BCUT2D eigenvalue weighted by Gasteiger charge is -2.09. The van der Waals surface area contributed by atoms with Gasteiger partial charge in [0.05, 0.1) is 17.8 Å². The zero-order chi connectivity index (χ0) is 11.4. The Morgan fingerprint density at radius 2 is 2.40 bits per heavy atom. The molecule has 0 amide bonds. The smallest absolute Gasteiger partial charge is 0.325 e. The summed E-state index contributed by atoms with van der Waals surface area (Å²) in [5.41, 5.74) is 0. The van der Waals surface area contributed by atoms with Crippen LogP contribution in [0.25, 0.3) is 0 Å². The van der Waals surface area contributed by atoms with E-state index >= 15 is 0 Å². The molecule has 0 fully saturated rings. The first-order chi connectivity index (χ1) is 7.04.